The molecule has 0 radical (unpaired) electrons. The minimum atomic E-state index is 0.757. The number of ether oxygens (including phenoxy) is 2. The summed E-state index contributed by atoms with van der Waals surface area (Å²) in [6, 6.07) is 6.18. The molecular weight excluding hydrogens is 242 g/mol. The van der Waals surface area contributed by atoms with Crippen molar-refractivity contribution in [3.8, 4) is 11.5 Å². The van der Waals surface area contributed by atoms with Crippen LogP contribution < -0.4 is 19.0 Å². The Morgan fingerprint density at radius 1 is 1.11 bits per heavy atom. The van der Waals surface area contributed by atoms with Crippen molar-refractivity contribution >= 4 is 10.8 Å². The smallest absolute Gasteiger partial charge is 0.242 e. The third kappa shape index (κ3) is 1.87. The summed E-state index contributed by atoms with van der Waals surface area (Å²) in [7, 11) is 3.32. The van der Waals surface area contributed by atoms with Crippen LogP contribution in [0.1, 0.15) is 17.8 Å². The number of methoxy groups -OCH3 is 2. The molecule has 100 valence electrons. The largest absolute Gasteiger partial charge is 0.493 e. The molecule has 0 atom stereocenters. The van der Waals surface area contributed by atoms with Crippen molar-refractivity contribution < 1.29 is 19.0 Å². The number of rotatable bonds is 2. The number of aryl methyl sites for hydroxylation is 2. The van der Waals surface area contributed by atoms with E-state index in [9.17, 15) is 0 Å². The molecule has 0 N–H and O–H groups in total. The van der Waals surface area contributed by atoms with Gasteiger partial charge in [-0.1, -0.05) is 0 Å². The zero-order valence-electron chi connectivity index (χ0n) is 11.5. The van der Waals surface area contributed by atoms with Crippen molar-refractivity contribution in [3.63, 3.8) is 0 Å². The molecule has 1 aromatic carbocycles. The lowest BCUT2D eigenvalue weighted by atomic mass is 10.0. The second-order valence-corrected chi connectivity index (χ2v) is 4.76. The van der Waals surface area contributed by atoms with Gasteiger partial charge in [-0.05, 0) is 23.9 Å². The molecule has 1 aliphatic heterocycles. The van der Waals surface area contributed by atoms with E-state index in [0.29, 0.717) is 0 Å². The molecule has 4 heteroatoms. The molecule has 0 aliphatic carbocycles. The lowest BCUT2D eigenvalue weighted by Crippen LogP contribution is -2.52. The molecule has 0 amide bonds. The third-order valence-electron chi connectivity index (χ3n) is 3.57. The number of hydrogen-bond donors (Lipinski definition) is 0. The van der Waals surface area contributed by atoms with Crippen molar-refractivity contribution in [1.29, 1.82) is 0 Å². The van der Waals surface area contributed by atoms with Gasteiger partial charge >= 0.3 is 0 Å². The van der Waals surface area contributed by atoms with Gasteiger partial charge in [0.2, 0.25) is 11.4 Å². The van der Waals surface area contributed by atoms with Crippen LogP contribution in [0.15, 0.2) is 18.2 Å². The van der Waals surface area contributed by atoms with Crippen LogP contribution in [0.3, 0.4) is 0 Å². The molecule has 0 unspecified atom stereocenters. The van der Waals surface area contributed by atoms with Gasteiger partial charge in [-0.2, -0.15) is 0 Å². The lowest BCUT2D eigenvalue weighted by molar-refractivity contribution is -0.903. The summed E-state index contributed by atoms with van der Waals surface area (Å²) in [4.78, 5) is 5.74. The first kappa shape index (κ1) is 12.1. The van der Waals surface area contributed by atoms with Gasteiger partial charge in [0.15, 0.2) is 18.1 Å². The Bertz CT molecular complexity index is 637. The van der Waals surface area contributed by atoms with Crippen molar-refractivity contribution in [2.24, 2.45) is 0 Å². The van der Waals surface area contributed by atoms with E-state index in [-0.39, 0.29) is 0 Å². The fraction of sp³-hybridized carbons (Fsp3) is 0.400. The first-order valence-electron chi connectivity index (χ1n) is 6.48. The van der Waals surface area contributed by atoms with E-state index in [1.165, 1.54) is 11.1 Å². The minimum Gasteiger partial charge on any atom is -0.493 e. The third-order valence-corrected chi connectivity index (χ3v) is 3.57. The van der Waals surface area contributed by atoms with Gasteiger partial charge in [0.1, 0.15) is 0 Å². The fourth-order valence-corrected chi connectivity index (χ4v) is 2.68. The highest BCUT2D eigenvalue weighted by atomic mass is 16.7. The summed E-state index contributed by atoms with van der Waals surface area (Å²) in [5.41, 5.74) is 2.32. The van der Waals surface area contributed by atoms with Gasteiger partial charge in [0, 0.05) is 24.1 Å². The number of nitrogens with zero attached hydrogens (tertiary/aromatic N) is 1. The van der Waals surface area contributed by atoms with E-state index >= 15 is 0 Å². The minimum absolute atomic E-state index is 0.757. The lowest BCUT2D eigenvalue weighted by Gasteiger charge is -2.14. The first-order valence-corrected chi connectivity index (χ1v) is 6.48. The van der Waals surface area contributed by atoms with Crippen molar-refractivity contribution in [3.05, 3.63) is 29.6 Å². The van der Waals surface area contributed by atoms with Crippen LogP contribution in [-0.2, 0) is 6.42 Å². The summed E-state index contributed by atoms with van der Waals surface area (Å²) in [5, 5.41) is 2.33. The standard InChI is InChI=1S/C15H18NO3/c1-10-7-11-8-14(17-2)15(18-3)9-12(11)13-5-4-6-19-16(10)13/h7-9H,4-6H2,1-3H3/q+1. The molecule has 0 bridgehead atoms. The molecule has 0 saturated carbocycles. The Labute approximate surface area is 112 Å². The molecule has 0 spiro atoms. The van der Waals surface area contributed by atoms with Gasteiger partial charge in [0.25, 0.3) is 0 Å². The summed E-state index contributed by atoms with van der Waals surface area (Å²) >= 11 is 0. The van der Waals surface area contributed by atoms with Crippen LogP contribution in [0.25, 0.3) is 10.8 Å². The number of pyridine rings is 1. The maximum atomic E-state index is 5.74. The molecule has 2 heterocycles. The molecule has 1 aromatic heterocycles. The van der Waals surface area contributed by atoms with Crippen molar-refractivity contribution in [2.45, 2.75) is 19.8 Å². The van der Waals surface area contributed by atoms with E-state index in [2.05, 4.69) is 13.0 Å². The van der Waals surface area contributed by atoms with E-state index in [0.717, 1.165) is 42.0 Å². The molecule has 2 aromatic rings. The highest BCUT2D eigenvalue weighted by Gasteiger charge is 2.26. The van der Waals surface area contributed by atoms with Gasteiger partial charge in [-0.25, -0.2) is 0 Å². The van der Waals surface area contributed by atoms with Crippen molar-refractivity contribution in [1.82, 2.24) is 0 Å². The summed E-state index contributed by atoms with van der Waals surface area (Å²) in [5.74, 6) is 1.52. The predicted octanol–water partition coefficient (Wildman–Crippen LogP) is 1.83. The van der Waals surface area contributed by atoms with Crippen LogP contribution in [-0.4, -0.2) is 20.8 Å². The van der Waals surface area contributed by atoms with Gasteiger partial charge < -0.3 is 9.47 Å². The zero-order chi connectivity index (χ0) is 13.4. The molecule has 19 heavy (non-hydrogen) atoms. The van der Waals surface area contributed by atoms with Crippen LogP contribution in [0.2, 0.25) is 0 Å². The Kier molecular flexibility index (Phi) is 2.93. The molecule has 0 saturated heterocycles. The number of aromatic nitrogens is 1. The quantitative estimate of drug-likeness (QED) is 0.772. The monoisotopic (exact) mass is 260 g/mol. The summed E-state index contributed by atoms with van der Waals surface area (Å²) in [6.45, 7) is 2.84. The number of benzene rings is 1. The van der Waals surface area contributed by atoms with E-state index < -0.39 is 0 Å². The summed E-state index contributed by atoms with van der Waals surface area (Å²) in [6.07, 6.45) is 2.07. The highest BCUT2D eigenvalue weighted by Crippen LogP contribution is 2.33. The Hall–Kier alpha value is -1.97. The second kappa shape index (κ2) is 4.61. The highest BCUT2D eigenvalue weighted by molar-refractivity contribution is 5.87. The molecule has 1 aliphatic rings. The zero-order valence-corrected chi connectivity index (χ0v) is 11.5. The van der Waals surface area contributed by atoms with Gasteiger partial charge in [-0.15, -0.1) is 0 Å². The molecule has 4 nitrogen and oxygen atoms in total. The van der Waals surface area contributed by atoms with E-state index in [4.69, 9.17) is 14.3 Å². The molecular formula is C15H18NO3+. The molecule has 0 fully saturated rings. The maximum absolute atomic E-state index is 5.74. The van der Waals surface area contributed by atoms with E-state index in [1.54, 1.807) is 14.2 Å². The molecule has 3 rings (SSSR count). The Morgan fingerprint density at radius 3 is 2.58 bits per heavy atom. The van der Waals surface area contributed by atoms with Crippen LogP contribution in [0, 0.1) is 6.92 Å². The van der Waals surface area contributed by atoms with E-state index in [1.807, 2.05) is 16.9 Å². The number of fused-ring (bicyclic) bond motifs is 3. The van der Waals surface area contributed by atoms with Crippen LogP contribution in [0.4, 0.5) is 0 Å². The van der Waals surface area contributed by atoms with Crippen molar-refractivity contribution in [2.75, 3.05) is 20.8 Å². The second-order valence-electron chi connectivity index (χ2n) is 4.76. The van der Waals surface area contributed by atoms with Crippen LogP contribution in [0.5, 0.6) is 11.5 Å². The maximum Gasteiger partial charge on any atom is 0.242 e. The average molecular weight is 260 g/mol. The van der Waals surface area contributed by atoms with Crippen LogP contribution >= 0.6 is 0 Å². The number of hydrogen-bond acceptors (Lipinski definition) is 3. The Morgan fingerprint density at radius 2 is 1.84 bits per heavy atom. The van der Waals surface area contributed by atoms with Gasteiger partial charge in [-0.3, -0.25) is 4.84 Å². The first-order chi connectivity index (χ1) is 9.24. The SMILES string of the molecule is COc1cc2cc(C)[n+]3c(c2cc1OC)CCCO3. The summed E-state index contributed by atoms with van der Waals surface area (Å²) < 4.78 is 12.7. The topological polar surface area (TPSA) is 31.6 Å². The Balaban J connectivity index is 2.32. The normalized spacial score (nSPS) is 13.8. The average Bonchev–Trinajstić information content (AvgIpc) is 2.46. The fourth-order valence-electron chi connectivity index (χ4n) is 2.68. The van der Waals surface area contributed by atoms with Gasteiger partial charge in [0.05, 0.1) is 19.6 Å². The predicted molar refractivity (Wildman–Crippen MR) is 71.8 cm³/mol.